The molecule has 182 valence electrons. The van der Waals surface area contributed by atoms with E-state index in [4.69, 9.17) is 14.2 Å². The van der Waals surface area contributed by atoms with E-state index in [0.29, 0.717) is 25.7 Å². The van der Waals surface area contributed by atoms with Crippen LogP contribution in [0.1, 0.15) is 125 Å². The van der Waals surface area contributed by atoms with Gasteiger partial charge in [-0.3, -0.25) is 0 Å². The Morgan fingerprint density at radius 3 is 1.50 bits per heavy atom. The summed E-state index contributed by atoms with van der Waals surface area (Å²) in [5.41, 5.74) is 0. The Balaban J connectivity index is 4.56. The molecule has 3 nitrogen and oxygen atoms in total. The molecular formula is C26H54O3S. The van der Waals surface area contributed by atoms with Crippen molar-refractivity contribution in [2.45, 2.75) is 130 Å². The molecule has 0 saturated carbocycles. The van der Waals surface area contributed by atoms with Gasteiger partial charge in [0.2, 0.25) is 0 Å². The fourth-order valence-electron chi connectivity index (χ4n) is 4.06. The Morgan fingerprint density at radius 1 is 0.533 bits per heavy atom. The highest BCUT2D eigenvalue weighted by atomic mass is 32.2. The minimum atomic E-state index is -0.859. The molecule has 0 rings (SSSR count). The van der Waals surface area contributed by atoms with Gasteiger partial charge in [-0.25, -0.2) is 0 Å². The van der Waals surface area contributed by atoms with Crippen molar-refractivity contribution in [2.75, 3.05) is 31.3 Å². The lowest BCUT2D eigenvalue weighted by Crippen LogP contribution is -2.47. The monoisotopic (exact) mass is 446 g/mol. The predicted octanol–water partition coefficient (Wildman–Crippen LogP) is 8.60. The highest BCUT2D eigenvalue weighted by Gasteiger charge is 2.41. The van der Waals surface area contributed by atoms with Crippen LogP contribution in [0.3, 0.4) is 0 Å². The van der Waals surface area contributed by atoms with Gasteiger partial charge in [0.25, 0.3) is 5.97 Å². The summed E-state index contributed by atoms with van der Waals surface area (Å²) in [5, 5.41) is 0. The first-order valence-electron chi connectivity index (χ1n) is 13.2. The second-order valence-electron chi connectivity index (χ2n) is 8.32. The average Bonchev–Trinajstić information content (AvgIpc) is 2.74. The van der Waals surface area contributed by atoms with Gasteiger partial charge in [0.05, 0.1) is 0 Å². The molecule has 0 heterocycles. The van der Waals surface area contributed by atoms with Gasteiger partial charge < -0.3 is 14.2 Å². The molecule has 0 N–H and O–H groups in total. The highest BCUT2D eigenvalue weighted by molar-refractivity contribution is 7.99. The number of ether oxygens (including phenoxy) is 3. The molecule has 0 aromatic rings. The third kappa shape index (κ3) is 15.1. The molecule has 0 aliphatic heterocycles. The van der Waals surface area contributed by atoms with Crippen molar-refractivity contribution in [2.24, 2.45) is 5.92 Å². The van der Waals surface area contributed by atoms with E-state index in [9.17, 15) is 0 Å². The lowest BCUT2D eigenvalue weighted by molar-refractivity contribution is -0.402. The van der Waals surface area contributed by atoms with Crippen molar-refractivity contribution in [3.8, 4) is 0 Å². The van der Waals surface area contributed by atoms with E-state index >= 15 is 0 Å². The van der Waals surface area contributed by atoms with Crippen molar-refractivity contribution < 1.29 is 14.2 Å². The molecule has 0 radical (unpaired) electrons. The van der Waals surface area contributed by atoms with Crippen LogP contribution in [0, 0.1) is 5.92 Å². The van der Waals surface area contributed by atoms with Gasteiger partial charge >= 0.3 is 0 Å². The summed E-state index contributed by atoms with van der Waals surface area (Å²) in [7, 11) is 0. The predicted molar refractivity (Wildman–Crippen MR) is 134 cm³/mol. The molecule has 4 heteroatoms. The van der Waals surface area contributed by atoms with Crippen LogP contribution in [0.5, 0.6) is 0 Å². The van der Waals surface area contributed by atoms with Crippen molar-refractivity contribution in [1.29, 1.82) is 0 Å². The summed E-state index contributed by atoms with van der Waals surface area (Å²) in [5.74, 6) is 1.90. The number of hydrogen-bond acceptors (Lipinski definition) is 4. The van der Waals surface area contributed by atoms with E-state index in [2.05, 4.69) is 25.6 Å². The lowest BCUT2D eigenvalue weighted by atomic mass is 9.95. The summed E-state index contributed by atoms with van der Waals surface area (Å²) >= 11 is 2.10. The second-order valence-corrected chi connectivity index (χ2v) is 9.55. The SMILES string of the molecule is CCCCCCCCSCCC(CCCCCCCC)C(OCC)(OCC)OCC. The standard InChI is InChI=1S/C26H54O3S/c1-6-11-13-15-17-19-21-25(26(27-8-3,28-9-4)29-10-5)22-24-30-23-20-18-16-14-12-7-2/h25H,6-24H2,1-5H3. The minimum absolute atomic E-state index is 0.306. The van der Waals surface area contributed by atoms with E-state index in [-0.39, 0.29) is 0 Å². The summed E-state index contributed by atoms with van der Waals surface area (Å²) in [6, 6.07) is 0. The topological polar surface area (TPSA) is 27.7 Å². The largest absolute Gasteiger partial charge is 0.328 e. The first-order chi connectivity index (χ1) is 14.7. The van der Waals surface area contributed by atoms with Gasteiger partial charge in [-0.2, -0.15) is 11.8 Å². The van der Waals surface area contributed by atoms with Crippen LogP contribution in [-0.2, 0) is 14.2 Å². The molecule has 0 aromatic carbocycles. The normalized spacial score (nSPS) is 13.1. The third-order valence-corrected chi connectivity index (χ3v) is 6.80. The smallest absolute Gasteiger partial charge is 0.285 e. The third-order valence-electron chi connectivity index (χ3n) is 5.70. The van der Waals surface area contributed by atoms with Crippen molar-refractivity contribution >= 4 is 11.8 Å². The maximum atomic E-state index is 6.15. The minimum Gasteiger partial charge on any atom is -0.328 e. The number of thioether (sulfide) groups is 1. The number of rotatable bonds is 24. The molecule has 0 fully saturated rings. The van der Waals surface area contributed by atoms with Gasteiger partial charge in [-0.15, -0.1) is 0 Å². The molecule has 0 spiro atoms. The summed E-state index contributed by atoms with van der Waals surface area (Å²) < 4.78 is 18.4. The molecule has 30 heavy (non-hydrogen) atoms. The van der Waals surface area contributed by atoms with E-state index < -0.39 is 5.97 Å². The zero-order valence-electron chi connectivity index (χ0n) is 21.1. The van der Waals surface area contributed by atoms with Crippen LogP contribution in [0.25, 0.3) is 0 Å². The fraction of sp³-hybridized carbons (Fsp3) is 1.00. The van der Waals surface area contributed by atoms with Gasteiger partial charge in [-0.05, 0) is 51.5 Å². The zero-order valence-corrected chi connectivity index (χ0v) is 22.0. The fourth-order valence-corrected chi connectivity index (χ4v) is 5.13. The quantitative estimate of drug-likeness (QED) is 0.110. The van der Waals surface area contributed by atoms with E-state index in [1.807, 2.05) is 20.8 Å². The Morgan fingerprint density at radius 2 is 1.00 bits per heavy atom. The Kier molecular flexibility index (Phi) is 22.6. The first kappa shape index (κ1) is 30.2. The zero-order chi connectivity index (χ0) is 22.3. The van der Waals surface area contributed by atoms with Crippen molar-refractivity contribution in [3.05, 3.63) is 0 Å². The molecular weight excluding hydrogens is 392 g/mol. The summed E-state index contributed by atoms with van der Waals surface area (Å²) in [6.07, 6.45) is 18.4. The van der Waals surface area contributed by atoms with Crippen LogP contribution >= 0.6 is 11.8 Å². The van der Waals surface area contributed by atoms with Crippen LogP contribution < -0.4 is 0 Å². The van der Waals surface area contributed by atoms with E-state index in [1.165, 1.54) is 88.6 Å². The van der Waals surface area contributed by atoms with Crippen molar-refractivity contribution in [1.82, 2.24) is 0 Å². The molecule has 0 aliphatic rings. The molecule has 0 saturated heterocycles. The van der Waals surface area contributed by atoms with Crippen LogP contribution in [0.2, 0.25) is 0 Å². The summed E-state index contributed by atoms with van der Waals surface area (Å²) in [4.78, 5) is 0. The Hall–Kier alpha value is 0.230. The Bertz CT molecular complexity index is 321. The lowest BCUT2D eigenvalue weighted by Gasteiger charge is -2.39. The van der Waals surface area contributed by atoms with Gasteiger partial charge in [-0.1, -0.05) is 84.5 Å². The molecule has 1 unspecified atom stereocenters. The van der Waals surface area contributed by atoms with E-state index in [0.717, 1.165) is 12.8 Å². The average molecular weight is 447 g/mol. The first-order valence-corrected chi connectivity index (χ1v) is 14.4. The molecule has 0 amide bonds. The van der Waals surface area contributed by atoms with Crippen LogP contribution in [-0.4, -0.2) is 37.3 Å². The van der Waals surface area contributed by atoms with E-state index in [1.54, 1.807) is 0 Å². The number of unbranched alkanes of at least 4 members (excludes halogenated alkanes) is 10. The van der Waals surface area contributed by atoms with Gasteiger partial charge in [0, 0.05) is 25.7 Å². The molecule has 1 atom stereocenters. The van der Waals surface area contributed by atoms with Gasteiger partial charge in [0.15, 0.2) is 0 Å². The maximum Gasteiger partial charge on any atom is 0.285 e. The molecule has 0 bridgehead atoms. The number of hydrogen-bond donors (Lipinski definition) is 0. The summed E-state index contributed by atoms with van der Waals surface area (Å²) in [6.45, 7) is 12.6. The van der Waals surface area contributed by atoms with Crippen molar-refractivity contribution in [3.63, 3.8) is 0 Å². The van der Waals surface area contributed by atoms with Crippen LogP contribution in [0.15, 0.2) is 0 Å². The molecule has 0 aromatic heterocycles. The van der Waals surface area contributed by atoms with Crippen LogP contribution in [0.4, 0.5) is 0 Å². The highest BCUT2D eigenvalue weighted by Crippen LogP contribution is 2.34. The second kappa shape index (κ2) is 22.4. The van der Waals surface area contributed by atoms with Gasteiger partial charge in [0.1, 0.15) is 0 Å². The maximum absolute atomic E-state index is 6.15. The Labute approximate surface area is 193 Å². The molecule has 0 aliphatic carbocycles.